The number of carbonyl (C=O) groups is 1. The molecule has 1 aliphatic rings. The Kier molecular flexibility index (Phi) is 4.10. The van der Waals surface area contributed by atoms with Gasteiger partial charge in [-0.2, -0.15) is 12.6 Å². The van der Waals surface area contributed by atoms with Crippen LogP contribution in [-0.2, 0) is 4.79 Å². The van der Waals surface area contributed by atoms with Gasteiger partial charge in [-0.15, -0.1) is 0 Å². The van der Waals surface area contributed by atoms with Gasteiger partial charge in [0.25, 0.3) is 0 Å². The Morgan fingerprint density at radius 2 is 2.07 bits per heavy atom. The lowest BCUT2D eigenvalue weighted by Gasteiger charge is -2.26. The number of amides is 1. The third-order valence-corrected chi connectivity index (χ3v) is 3.85. The molecule has 1 saturated carbocycles. The van der Waals surface area contributed by atoms with Gasteiger partial charge >= 0.3 is 0 Å². The minimum atomic E-state index is -0.0570. The minimum absolute atomic E-state index is 0.0570. The highest BCUT2D eigenvalue weighted by atomic mass is 32.1. The van der Waals surface area contributed by atoms with Crippen LogP contribution in [0.1, 0.15) is 52.9 Å². The second-order valence-electron chi connectivity index (χ2n) is 5.52. The molecule has 0 saturated heterocycles. The van der Waals surface area contributed by atoms with Crippen LogP contribution in [0.5, 0.6) is 0 Å². The van der Waals surface area contributed by atoms with Crippen molar-refractivity contribution in [1.82, 2.24) is 5.32 Å². The maximum atomic E-state index is 11.8. The quantitative estimate of drug-likeness (QED) is 0.674. The van der Waals surface area contributed by atoms with Crippen LogP contribution in [0.3, 0.4) is 0 Å². The van der Waals surface area contributed by atoms with Crippen molar-refractivity contribution < 1.29 is 4.79 Å². The van der Waals surface area contributed by atoms with Crippen molar-refractivity contribution in [3.8, 4) is 0 Å². The molecule has 15 heavy (non-hydrogen) atoms. The summed E-state index contributed by atoms with van der Waals surface area (Å²) in [6.07, 6.45) is 5.12. The summed E-state index contributed by atoms with van der Waals surface area (Å²) < 4.78 is 0. The summed E-state index contributed by atoms with van der Waals surface area (Å²) in [4.78, 5) is 11.8. The predicted molar refractivity (Wildman–Crippen MR) is 67.3 cm³/mol. The minimum Gasteiger partial charge on any atom is -0.351 e. The van der Waals surface area contributed by atoms with Gasteiger partial charge in [-0.05, 0) is 44.3 Å². The molecular weight excluding hydrogens is 206 g/mol. The highest BCUT2D eigenvalue weighted by Crippen LogP contribution is 2.49. The maximum Gasteiger partial charge on any atom is 0.220 e. The number of rotatable bonds is 6. The van der Waals surface area contributed by atoms with Crippen molar-refractivity contribution >= 4 is 18.5 Å². The second kappa shape index (κ2) is 4.77. The van der Waals surface area contributed by atoms with Crippen molar-refractivity contribution in [2.24, 2.45) is 5.41 Å². The molecular formula is C12H23NOS. The fourth-order valence-corrected chi connectivity index (χ4v) is 2.45. The molecule has 3 heteroatoms. The third kappa shape index (κ3) is 4.06. The molecule has 1 aliphatic carbocycles. The standard InChI is InChI=1S/C12H23NOS/c1-4-5-11(2,3)13-10(14)8-12(9-15)6-7-12/h15H,4-9H2,1-3H3,(H,13,14). The number of hydrogen-bond acceptors (Lipinski definition) is 2. The lowest BCUT2D eigenvalue weighted by atomic mass is 9.97. The van der Waals surface area contributed by atoms with Crippen molar-refractivity contribution in [2.75, 3.05) is 5.75 Å². The molecule has 0 aliphatic heterocycles. The fourth-order valence-electron chi connectivity index (χ4n) is 2.02. The Morgan fingerprint density at radius 3 is 2.47 bits per heavy atom. The summed E-state index contributed by atoms with van der Waals surface area (Å²) in [5.74, 6) is 1.04. The molecule has 1 fully saturated rings. The van der Waals surface area contributed by atoms with Gasteiger partial charge < -0.3 is 5.32 Å². The zero-order valence-electron chi connectivity index (χ0n) is 10.1. The van der Waals surface area contributed by atoms with Crippen LogP contribution >= 0.6 is 12.6 Å². The Morgan fingerprint density at radius 1 is 1.47 bits per heavy atom. The average molecular weight is 229 g/mol. The molecule has 0 bridgehead atoms. The highest BCUT2D eigenvalue weighted by Gasteiger charge is 2.43. The van der Waals surface area contributed by atoms with E-state index in [0.29, 0.717) is 6.42 Å². The smallest absolute Gasteiger partial charge is 0.220 e. The van der Waals surface area contributed by atoms with Crippen LogP contribution in [0.4, 0.5) is 0 Å². The zero-order valence-corrected chi connectivity index (χ0v) is 11.0. The van der Waals surface area contributed by atoms with Crippen molar-refractivity contribution in [2.45, 2.75) is 58.4 Å². The lowest BCUT2D eigenvalue weighted by molar-refractivity contribution is -0.123. The van der Waals surface area contributed by atoms with E-state index in [1.807, 2.05) is 0 Å². The molecule has 0 aromatic heterocycles. The van der Waals surface area contributed by atoms with Crippen LogP contribution in [0.25, 0.3) is 0 Å². The number of carbonyl (C=O) groups excluding carboxylic acids is 1. The van der Waals surface area contributed by atoms with E-state index in [-0.39, 0.29) is 16.9 Å². The number of hydrogen-bond donors (Lipinski definition) is 2. The van der Waals surface area contributed by atoms with Gasteiger partial charge in [-0.25, -0.2) is 0 Å². The SMILES string of the molecule is CCCC(C)(C)NC(=O)CC1(CS)CC1. The molecule has 1 rings (SSSR count). The van der Waals surface area contributed by atoms with Gasteiger partial charge in [0.1, 0.15) is 0 Å². The molecule has 1 N–H and O–H groups in total. The van der Waals surface area contributed by atoms with Gasteiger partial charge in [0, 0.05) is 12.0 Å². The topological polar surface area (TPSA) is 29.1 Å². The molecule has 0 radical (unpaired) electrons. The number of thiol groups is 1. The van der Waals surface area contributed by atoms with Crippen LogP contribution < -0.4 is 5.32 Å². The fraction of sp³-hybridized carbons (Fsp3) is 0.917. The molecule has 0 aromatic rings. The first-order valence-electron chi connectivity index (χ1n) is 5.85. The van der Waals surface area contributed by atoms with Gasteiger partial charge in [0.2, 0.25) is 5.91 Å². The number of nitrogens with one attached hydrogen (secondary N) is 1. The van der Waals surface area contributed by atoms with E-state index < -0.39 is 0 Å². The van der Waals surface area contributed by atoms with E-state index in [1.54, 1.807) is 0 Å². The average Bonchev–Trinajstić information content (AvgIpc) is 2.83. The normalized spacial score (nSPS) is 18.7. The largest absolute Gasteiger partial charge is 0.351 e. The van der Waals surface area contributed by atoms with Crippen molar-refractivity contribution in [3.63, 3.8) is 0 Å². The summed E-state index contributed by atoms with van der Waals surface area (Å²) in [5, 5.41) is 3.11. The van der Waals surface area contributed by atoms with Crippen LogP contribution in [0, 0.1) is 5.41 Å². The summed E-state index contributed by atoms with van der Waals surface area (Å²) in [7, 11) is 0. The third-order valence-electron chi connectivity index (χ3n) is 3.18. The molecule has 0 spiro atoms. The van der Waals surface area contributed by atoms with Gasteiger partial charge in [-0.3, -0.25) is 4.79 Å². The molecule has 0 aromatic carbocycles. The van der Waals surface area contributed by atoms with Gasteiger partial charge in [-0.1, -0.05) is 13.3 Å². The Balaban J connectivity index is 2.35. The highest BCUT2D eigenvalue weighted by molar-refractivity contribution is 7.80. The Bertz CT molecular complexity index is 234. The van der Waals surface area contributed by atoms with Crippen LogP contribution in [-0.4, -0.2) is 17.2 Å². The van der Waals surface area contributed by atoms with Crippen LogP contribution in [0.2, 0.25) is 0 Å². The Labute approximate surface area is 98.6 Å². The monoisotopic (exact) mass is 229 g/mol. The molecule has 0 heterocycles. The summed E-state index contributed by atoms with van der Waals surface area (Å²) in [6.45, 7) is 6.33. The van der Waals surface area contributed by atoms with E-state index in [2.05, 4.69) is 38.7 Å². The zero-order chi connectivity index (χ0) is 11.5. The first kappa shape index (κ1) is 12.9. The van der Waals surface area contributed by atoms with Gasteiger partial charge in [0.15, 0.2) is 0 Å². The summed E-state index contributed by atoms with van der Waals surface area (Å²) in [6, 6.07) is 0. The first-order chi connectivity index (χ1) is 6.93. The van der Waals surface area contributed by atoms with E-state index in [1.165, 1.54) is 0 Å². The van der Waals surface area contributed by atoms with Crippen molar-refractivity contribution in [1.29, 1.82) is 0 Å². The molecule has 0 unspecified atom stereocenters. The molecule has 0 atom stereocenters. The Hall–Kier alpha value is -0.180. The second-order valence-corrected chi connectivity index (χ2v) is 5.83. The van der Waals surface area contributed by atoms with E-state index in [0.717, 1.165) is 31.4 Å². The maximum absolute atomic E-state index is 11.8. The van der Waals surface area contributed by atoms with E-state index >= 15 is 0 Å². The summed E-state index contributed by atoms with van der Waals surface area (Å²) in [5.41, 5.74) is 0.175. The molecule has 88 valence electrons. The molecule has 2 nitrogen and oxygen atoms in total. The van der Waals surface area contributed by atoms with E-state index in [9.17, 15) is 4.79 Å². The van der Waals surface area contributed by atoms with Gasteiger partial charge in [0.05, 0.1) is 0 Å². The van der Waals surface area contributed by atoms with Crippen molar-refractivity contribution in [3.05, 3.63) is 0 Å². The lowest BCUT2D eigenvalue weighted by Crippen LogP contribution is -2.44. The molecule has 1 amide bonds. The van der Waals surface area contributed by atoms with E-state index in [4.69, 9.17) is 0 Å². The first-order valence-corrected chi connectivity index (χ1v) is 6.48. The van der Waals surface area contributed by atoms with Crippen LogP contribution in [0.15, 0.2) is 0 Å². The predicted octanol–water partition coefficient (Wildman–Crippen LogP) is 2.78. The summed E-state index contributed by atoms with van der Waals surface area (Å²) >= 11 is 4.31.